The summed E-state index contributed by atoms with van der Waals surface area (Å²) in [6.45, 7) is 5.98. The average Bonchev–Trinajstić information content (AvgIpc) is 2.36. The van der Waals surface area contributed by atoms with E-state index < -0.39 is 10.0 Å². The van der Waals surface area contributed by atoms with Crippen molar-refractivity contribution in [2.75, 3.05) is 7.05 Å². The maximum Gasteiger partial charge on any atom is 0.243 e. The molecule has 0 saturated carbocycles. The average molecular weight is 315 g/mol. The third-order valence-electron chi connectivity index (χ3n) is 3.17. The summed E-state index contributed by atoms with van der Waals surface area (Å²) in [6, 6.07) is 5.98. The molecule has 1 aromatic carbocycles. The van der Waals surface area contributed by atoms with E-state index in [0.29, 0.717) is 5.92 Å². The van der Waals surface area contributed by atoms with E-state index in [2.05, 4.69) is 13.8 Å². The largest absolute Gasteiger partial charge is 0.243 e. The second-order valence-electron chi connectivity index (χ2n) is 5.25. The lowest BCUT2D eigenvalue weighted by Gasteiger charge is -2.25. The first-order chi connectivity index (χ1) is 9.20. The SMILES string of the molecule is CC(C)C[C@@H](C)N(C)S(=O)(=O)c1ccc(C#N)c(Cl)c1. The highest BCUT2D eigenvalue weighted by atomic mass is 35.5. The molecule has 0 aliphatic carbocycles. The highest BCUT2D eigenvalue weighted by molar-refractivity contribution is 7.89. The van der Waals surface area contributed by atoms with Crippen molar-refractivity contribution < 1.29 is 8.42 Å². The Labute approximate surface area is 126 Å². The van der Waals surface area contributed by atoms with Crippen LogP contribution in [0.4, 0.5) is 0 Å². The monoisotopic (exact) mass is 314 g/mol. The van der Waals surface area contributed by atoms with Gasteiger partial charge < -0.3 is 0 Å². The van der Waals surface area contributed by atoms with Crippen LogP contribution in [0.15, 0.2) is 23.1 Å². The number of nitriles is 1. The van der Waals surface area contributed by atoms with Crippen LogP contribution in [-0.2, 0) is 10.0 Å². The van der Waals surface area contributed by atoms with Gasteiger partial charge in [-0.3, -0.25) is 0 Å². The minimum Gasteiger partial charge on any atom is -0.207 e. The summed E-state index contributed by atoms with van der Waals surface area (Å²) in [5.41, 5.74) is 0.267. The molecular weight excluding hydrogens is 296 g/mol. The molecule has 0 heterocycles. The maximum atomic E-state index is 12.5. The lowest BCUT2D eigenvalue weighted by atomic mass is 10.1. The predicted octanol–water partition coefficient (Wildman–Crippen LogP) is 3.27. The molecule has 1 aromatic rings. The van der Waals surface area contributed by atoms with Gasteiger partial charge in [0.15, 0.2) is 0 Å². The van der Waals surface area contributed by atoms with E-state index in [4.69, 9.17) is 16.9 Å². The summed E-state index contributed by atoms with van der Waals surface area (Å²) in [5.74, 6) is 0.409. The van der Waals surface area contributed by atoms with Gasteiger partial charge in [0.25, 0.3) is 0 Å². The first-order valence-electron chi connectivity index (χ1n) is 6.37. The third-order valence-corrected chi connectivity index (χ3v) is 5.45. The fourth-order valence-corrected chi connectivity index (χ4v) is 3.67. The minimum absolute atomic E-state index is 0.102. The molecule has 0 saturated heterocycles. The number of hydrogen-bond donors (Lipinski definition) is 0. The van der Waals surface area contributed by atoms with Crippen molar-refractivity contribution in [1.82, 2.24) is 4.31 Å². The van der Waals surface area contributed by atoms with Gasteiger partial charge in [0.1, 0.15) is 6.07 Å². The van der Waals surface area contributed by atoms with E-state index in [1.54, 1.807) is 7.05 Å². The Morgan fingerprint density at radius 3 is 2.40 bits per heavy atom. The zero-order chi connectivity index (χ0) is 15.5. The first kappa shape index (κ1) is 17.0. The van der Waals surface area contributed by atoms with Crippen molar-refractivity contribution in [3.63, 3.8) is 0 Å². The zero-order valence-corrected chi connectivity index (χ0v) is 13.7. The van der Waals surface area contributed by atoms with Crippen molar-refractivity contribution in [1.29, 1.82) is 5.26 Å². The molecule has 110 valence electrons. The number of benzene rings is 1. The van der Waals surface area contributed by atoms with Gasteiger partial charge in [-0.25, -0.2) is 8.42 Å². The summed E-state index contributed by atoms with van der Waals surface area (Å²) in [6.07, 6.45) is 0.778. The van der Waals surface area contributed by atoms with Crippen LogP contribution in [0, 0.1) is 17.2 Å². The molecule has 0 N–H and O–H groups in total. The van der Waals surface area contributed by atoms with E-state index in [1.807, 2.05) is 13.0 Å². The molecule has 1 rings (SSSR count). The second kappa shape index (κ2) is 6.57. The fraction of sp³-hybridized carbons (Fsp3) is 0.500. The van der Waals surface area contributed by atoms with Crippen molar-refractivity contribution in [3.05, 3.63) is 28.8 Å². The summed E-state index contributed by atoms with van der Waals surface area (Å²) in [5, 5.41) is 8.97. The molecule has 0 aliphatic heterocycles. The molecule has 0 bridgehead atoms. The van der Waals surface area contributed by atoms with Crippen LogP contribution in [0.3, 0.4) is 0 Å². The molecule has 0 aromatic heterocycles. The Bertz CT molecular complexity index is 621. The number of sulfonamides is 1. The first-order valence-corrected chi connectivity index (χ1v) is 8.19. The van der Waals surface area contributed by atoms with Gasteiger partial charge in [0.2, 0.25) is 10.0 Å². The summed E-state index contributed by atoms with van der Waals surface area (Å²) in [7, 11) is -2.03. The van der Waals surface area contributed by atoms with Gasteiger partial charge >= 0.3 is 0 Å². The molecule has 0 spiro atoms. The van der Waals surface area contributed by atoms with Gasteiger partial charge in [-0.2, -0.15) is 9.57 Å². The lowest BCUT2D eigenvalue weighted by Crippen LogP contribution is -2.35. The van der Waals surface area contributed by atoms with Crippen molar-refractivity contribution in [3.8, 4) is 6.07 Å². The second-order valence-corrected chi connectivity index (χ2v) is 7.66. The van der Waals surface area contributed by atoms with E-state index >= 15 is 0 Å². The maximum absolute atomic E-state index is 12.5. The Hall–Kier alpha value is -1.09. The van der Waals surface area contributed by atoms with E-state index in [1.165, 1.54) is 22.5 Å². The van der Waals surface area contributed by atoms with Crippen molar-refractivity contribution in [2.45, 2.75) is 38.1 Å². The van der Waals surface area contributed by atoms with E-state index in [9.17, 15) is 8.42 Å². The van der Waals surface area contributed by atoms with E-state index in [-0.39, 0.29) is 21.5 Å². The predicted molar refractivity (Wildman–Crippen MR) is 80.0 cm³/mol. The summed E-state index contributed by atoms with van der Waals surface area (Å²) < 4.78 is 26.3. The van der Waals surface area contributed by atoms with Gasteiger partial charge in [0, 0.05) is 13.1 Å². The molecule has 4 nitrogen and oxygen atoms in total. The molecule has 1 atom stereocenters. The van der Waals surface area contributed by atoms with Crippen LogP contribution in [-0.4, -0.2) is 25.8 Å². The van der Waals surface area contributed by atoms with Gasteiger partial charge in [-0.05, 0) is 37.5 Å². The lowest BCUT2D eigenvalue weighted by molar-refractivity contribution is 0.338. The Balaban J connectivity index is 3.11. The Kier molecular flexibility index (Phi) is 5.58. The van der Waals surface area contributed by atoms with Crippen LogP contribution in [0.25, 0.3) is 0 Å². The van der Waals surface area contributed by atoms with Crippen molar-refractivity contribution >= 4 is 21.6 Å². The Morgan fingerprint density at radius 2 is 1.95 bits per heavy atom. The van der Waals surface area contributed by atoms with Crippen LogP contribution in [0.1, 0.15) is 32.8 Å². The van der Waals surface area contributed by atoms with Gasteiger partial charge in [-0.1, -0.05) is 25.4 Å². The van der Waals surface area contributed by atoms with Gasteiger partial charge in [0.05, 0.1) is 15.5 Å². The topological polar surface area (TPSA) is 61.2 Å². The molecule has 0 amide bonds. The van der Waals surface area contributed by atoms with Crippen LogP contribution < -0.4 is 0 Å². The van der Waals surface area contributed by atoms with Crippen LogP contribution in [0.2, 0.25) is 5.02 Å². The fourth-order valence-electron chi connectivity index (χ4n) is 1.98. The highest BCUT2D eigenvalue weighted by Crippen LogP contribution is 2.24. The van der Waals surface area contributed by atoms with Crippen molar-refractivity contribution in [2.24, 2.45) is 5.92 Å². The number of hydrogen-bond acceptors (Lipinski definition) is 3. The normalized spacial score (nSPS) is 13.5. The standard InChI is InChI=1S/C14H19ClN2O2S/c1-10(2)7-11(3)17(4)20(18,19)13-6-5-12(9-16)14(15)8-13/h5-6,8,10-11H,7H2,1-4H3/t11-/m1/s1. The number of halogens is 1. The van der Waals surface area contributed by atoms with Gasteiger partial charge in [-0.15, -0.1) is 0 Å². The molecule has 0 unspecified atom stereocenters. The molecule has 0 aliphatic rings. The highest BCUT2D eigenvalue weighted by Gasteiger charge is 2.26. The van der Waals surface area contributed by atoms with Crippen LogP contribution in [0.5, 0.6) is 0 Å². The summed E-state index contributed by atoms with van der Waals surface area (Å²) >= 11 is 5.90. The smallest absolute Gasteiger partial charge is 0.207 e. The number of nitrogens with zero attached hydrogens (tertiary/aromatic N) is 2. The van der Waals surface area contributed by atoms with Crippen LogP contribution >= 0.6 is 11.6 Å². The quantitative estimate of drug-likeness (QED) is 0.838. The molecule has 0 radical (unpaired) electrons. The Morgan fingerprint density at radius 1 is 1.35 bits per heavy atom. The molecule has 20 heavy (non-hydrogen) atoms. The minimum atomic E-state index is -3.59. The van der Waals surface area contributed by atoms with E-state index in [0.717, 1.165) is 6.42 Å². The number of rotatable bonds is 5. The molecule has 0 fully saturated rings. The summed E-state index contributed by atoms with van der Waals surface area (Å²) in [4.78, 5) is 0.111. The zero-order valence-electron chi connectivity index (χ0n) is 12.1. The molecular formula is C14H19ClN2O2S. The third kappa shape index (κ3) is 3.72. The molecule has 6 heteroatoms.